The topological polar surface area (TPSA) is 76.7 Å². The van der Waals surface area contributed by atoms with E-state index in [9.17, 15) is 9.59 Å². The molecule has 166 valence electrons. The first-order valence-electron chi connectivity index (χ1n) is 10.4. The molecule has 2 N–H and O–H groups in total. The van der Waals surface area contributed by atoms with Crippen molar-refractivity contribution in [1.29, 1.82) is 0 Å². The quantitative estimate of drug-likeness (QED) is 0.395. The van der Waals surface area contributed by atoms with Crippen LogP contribution < -0.4 is 10.6 Å². The monoisotopic (exact) mass is 418 g/mol. The van der Waals surface area contributed by atoms with Gasteiger partial charge in [-0.05, 0) is 77.5 Å². The molecule has 0 saturated heterocycles. The molecule has 0 heterocycles. The van der Waals surface area contributed by atoms with E-state index in [1.807, 2.05) is 27.0 Å². The van der Waals surface area contributed by atoms with Gasteiger partial charge in [0.2, 0.25) is 0 Å². The molecule has 0 bridgehead atoms. The third-order valence-electron chi connectivity index (χ3n) is 4.35. The molecule has 0 amide bonds. The summed E-state index contributed by atoms with van der Waals surface area (Å²) in [5.41, 5.74) is 0. The molecule has 0 rings (SSSR count). The number of carbonyl (C=O) groups is 2. The van der Waals surface area contributed by atoms with E-state index in [-0.39, 0.29) is 42.1 Å². The number of hydrogen-bond donors (Lipinski definition) is 2. The van der Waals surface area contributed by atoms with Crippen molar-refractivity contribution in [2.24, 2.45) is 11.8 Å². The van der Waals surface area contributed by atoms with Gasteiger partial charge in [-0.15, -0.1) is 0 Å². The maximum atomic E-state index is 12.3. The summed E-state index contributed by atoms with van der Waals surface area (Å²) in [4.78, 5) is 24.6. The highest BCUT2D eigenvalue weighted by Crippen LogP contribution is 2.13. The van der Waals surface area contributed by atoms with Crippen molar-refractivity contribution in [2.45, 2.75) is 85.1 Å². The van der Waals surface area contributed by atoms with E-state index >= 15 is 0 Å². The molecular formula is C21H42N2O4S. The molecule has 6 nitrogen and oxygen atoms in total. The number of nitrogens with one attached hydrogen (secondary N) is 2. The number of esters is 2. The Labute approximate surface area is 176 Å². The number of hydrogen-bond acceptors (Lipinski definition) is 7. The molecule has 7 heteroatoms. The highest BCUT2D eigenvalue weighted by Gasteiger charge is 2.24. The maximum absolute atomic E-state index is 12.3. The van der Waals surface area contributed by atoms with Gasteiger partial charge in [0.15, 0.2) is 0 Å². The van der Waals surface area contributed by atoms with Crippen molar-refractivity contribution < 1.29 is 19.1 Å². The van der Waals surface area contributed by atoms with E-state index in [2.05, 4.69) is 31.4 Å². The third kappa shape index (κ3) is 12.6. The van der Waals surface area contributed by atoms with Crippen LogP contribution in [0.15, 0.2) is 0 Å². The fourth-order valence-corrected chi connectivity index (χ4v) is 3.46. The summed E-state index contributed by atoms with van der Waals surface area (Å²) < 4.78 is 11.0. The van der Waals surface area contributed by atoms with Gasteiger partial charge in [-0.2, -0.15) is 11.8 Å². The second kappa shape index (κ2) is 15.1. The lowest BCUT2D eigenvalue weighted by Crippen LogP contribution is -2.42. The predicted octanol–water partition coefficient (Wildman–Crippen LogP) is 3.24. The van der Waals surface area contributed by atoms with Crippen molar-refractivity contribution in [3.63, 3.8) is 0 Å². The van der Waals surface area contributed by atoms with Gasteiger partial charge in [0, 0.05) is 0 Å². The summed E-state index contributed by atoms with van der Waals surface area (Å²) in [5, 5.41) is 6.38. The molecular weight excluding hydrogens is 376 g/mol. The summed E-state index contributed by atoms with van der Waals surface area (Å²) in [6.07, 6.45) is 3.98. The van der Waals surface area contributed by atoms with Crippen molar-refractivity contribution in [1.82, 2.24) is 10.6 Å². The van der Waals surface area contributed by atoms with Crippen LogP contribution >= 0.6 is 11.8 Å². The Hall–Kier alpha value is -0.790. The van der Waals surface area contributed by atoms with Crippen LogP contribution in [-0.2, 0) is 19.1 Å². The molecule has 0 aliphatic carbocycles. The standard InChI is InChI=1S/C21H42N2O4S/c1-14(2)11-19(21(25)26-15(3)4)23-13-16(5)12-17(6)27-20(24)18(22-7)9-10-28-8/h14-19,22-23H,9-13H2,1-8H3. The van der Waals surface area contributed by atoms with Crippen molar-refractivity contribution in [2.75, 3.05) is 25.6 Å². The van der Waals surface area contributed by atoms with E-state index in [1.54, 1.807) is 18.8 Å². The van der Waals surface area contributed by atoms with E-state index in [0.29, 0.717) is 12.5 Å². The van der Waals surface area contributed by atoms with Crippen LogP contribution in [0.2, 0.25) is 0 Å². The molecule has 0 fully saturated rings. The Bertz CT molecular complexity index is 446. The van der Waals surface area contributed by atoms with Gasteiger partial charge < -0.3 is 20.1 Å². The molecule has 28 heavy (non-hydrogen) atoms. The van der Waals surface area contributed by atoms with Crippen LogP contribution in [0.25, 0.3) is 0 Å². The minimum atomic E-state index is -0.303. The Morgan fingerprint density at radius 1 is 0.929 bits per heavy atom. The largest absolute Gasteiger partial charge is 0.462 e. The second-order valence-corrected chi connectivity index (χ2v) is 9.27. The summed E-state index contributed by atoms with van der Waals surface area (Å²) in [6.45, 7) is 12.6. The van der Waals surface area contributed by atoms with E-state index in [1.165, 1.54) is 0 Å². The Morgan fingerprint density at radius 3 is 2.04 bits per heavy atom. The molecule has 0 aromatic heterocycles. The summed E-state index contributed by atoms with van der Waals surface area (Å²) in [5.74, 6) is 1.19. The van der Waals surface area contributed by atoms with Crippen LogP contribution in [0, 0.1) is 11.8 Å². The molecule has 0 saturated carbocycles. The zero-order chi connectivity index (χ0) is 21.7. The van der Waals surface area contributed by atoms with Gasteiger partial charge >= 0.3 is 11.9 Å². The molecule has 4 unspecified atom stereocenters. The molecule has 0 spiro atoms. The zero-order valence-corrected chi connectivity index (χ0v) is 19.9. The third-order valence-corrected chi connectivity index (χ3v) is 5.00. The van der Waals surface area contributed by atoms with Gasteiger partial charge in [0.1, 0.15) is 12.1 Å². The van der Waals surface area contributed by atoms with E-state index in [4.69, 9.17) is 9.47 Å². The van der Waals surface area contributed by atoms with Crippen molar-refractivity contribution >= 4 is 23.7 Å². The average Bonchev–Trinajstić information content (AvgIpc) is 2.58. The Kier molecular flexibility index (Phi) is 14.7. The number of carbonyl (C=O) groups excluding carboxylic acids is 2. The highest BCUT2D eigenvalue weighted by atomic mass is 32.2. The fourth-order valence-electron chi connectivity index (χ4n) is 2.99. The van der Waals surface area contributed by atoms with Gasteiger partial charge in [0.25, 0.3) is 0 Å². The molecule has 0 aromatic rings. The lowest BCUT2D eigenvalue weighted by atomic mass is 10.0. The predicted molar refractivity (Wildman–Crippen MR) is 118 cm³/mol. The van der Waals surface area contributed by atoms with Crippen LogP contribution in [0.5, 0.6) is 0 Å². The normalized spacial score (nSPS) is 15.9. The first-order chi connectivity index (χ1) is 13.1. The maximum Gasteiger partial charge on any atom is 0.323 e. The molecule has 0 aromatic carbocycles. The first kappa shape index (κ1) is 27.2. The SMILES string of the molecule is CNC(CCSC)C(=O)OC(C)CC(C)CNC(CC(C)C)C(=O)OC(C)C. The van der Waals surface area contributed by atoms with Crippen LogP contribution in [0.4, 0.5) is 0 Å². The van der Waals surface area contributed by atoms with Crippen LogP contribution in [0.3, 0.4) is 0 Å². The summed E-state index contributed by atoms with van der Waals surface area (Å²) in [7, 11) is 1.79. The van der Waals surface area contributed by atoms with Crippen molar-refractivity contribution in [3.05, 3.63) is 0 Å². The van der Waals surface area contributed by atoms with E-state index < -0.39 is 0 Å². The number of rotatable bonds is 15. The molecule has 0 radical (unpaired) electrons. The highest BCUT2D eigenvalue weighted by molar-refractivity contribution is 7.98. The number of ether oxygens (including phenoxy) is 2. The molecule has 0 aliphatic rings. The molecule has 4 atom stereocenters. The van der Waals surface area contributed by atoms with Crippen molar-refractivity contribution in [3.8, 4) is 0 Å². The smallest absolute Gasteiger partial charge is 0.323 e. The fraction of sp³-hybridized carbons (Fsp3) is 0.905. The molecule has 0 aliphatic heterocycles. The summed E-state index contributed by atoms with van der Waals surface area (Å²) >= 11 is 1.72. The van der Waals surface area contributed by atoms with E-state index in [0.717, 1.165) is 25.0 Å². The van der Waals surface area contributed by atoms with Crippen LogP contribution in [0.1, 0.15) is 60.8 Å². The lowest BCUT2D eigenvalue weighted by molar-refractivity contribution is -0.151. The second-order valence-electron chi connectivity index (χ2n) is 8.29. The zero-order valence-electron chi connectivity index (χ0n) is 19.0. The van der Waals surface area contributed by atoms with Gasteiger partial charge in [-0.1, -0.05) is 20.8 Å². The van der Waals surface area contributed by atoms with Gasteiger partial charge in [-0.25, -0.2) is 0 Å². The lowest BCUT2D eigenvalue weighted by Gasteiger charge is -2.24. The Balaban J connectivity index is 4.49. The minimum absolute atomic E-state index is 0.118. The van der Waals surface area contributed by atoms with Gasteiger partial charge in [-0.3, -0.25) is 9.59 Å². The number of likely N-dealkylation sites (N-methyl/N-ethyl adjacent to an activating group) is 1. The number of thioether (sulfide) groups is 1. The van der Waals surface area contributed by atoms with Crippen LogP contribution in [-0.4, -0.2) is 61.8 Å². The average molecular weight is 419 g/mol. The Morgan fingerprint density at radius 2 is 1.54 bits per heavy atom. The summed E-state index contributed by atoms with van der Waals surface area (Å²) in [6, 6.07) is -0.563. The van der Waals surface area contributed by atoms with Gasteiger partial charge in [0.05, 0.1) is 12.2 Å². The first-order valence-corrected chi connectivity index (χ1v) is 11.8. The minimum Gasteiger partial charge on any atom is -0.462 e.